The van der Waals surface area contributed by atoms with Crippen LogP contribution < -0.4 is 0 Å². The molecule has 0 saturated heterocycles. The van der Waals surface area contributed by atoms with Gasteiger partial charge in [-0.1, -0.05) is 20.4 Å². The Kier molecular flexibility index (Phi) is 5.09. The van der Waals surface area contributed by atoms with Gasteiger partial charge in [-0.3, -0.25) is 0 Å². The van der Waals surface area contributed by atoms with Crippen LogP contribution in [0.2, 0.25) is 0 Å². The summed E-state index contributed by atoms with van der Waals surface area (Å²) in [6.45, 7) is 12.7. The Labute approximate surface area is 64.7 Å². The molecule has 0 unspecified atom stereocenters. The van der Waals surface area contributed by atoms with Crippen LogP contribution >= 0.6 is 0 Å². The van der Waals surface area contributed by atoms with Crippen molar-refractivity contribution in [2.45, 2.75) is 33.6 Å². The molecule has 1 heteroatoms. The molecule has 0 amide bonds. The minimum Gasteiger partial charge on any atom is -0.376 e. The Morgan fingerprint density at radius 1 is 1.20 bits per heavy atom. The lowest BCUT2D eigenvalue weighted by Crippen LogP contribution is -2.22. The molecule has 0 aliphatic carbocycles. The Bertz CT molecular complexity index is 90.9. The van der Waals surface area contributed by atoms with E-state index in [-0.39, 0.29) is 0 Å². The lowest BCUT2D eigenvalue weighted by molar-refractivity contribution is 0.347. The quantitative estimate of drug-likeness (QED) is 0.569. The Morgan fingerprint density at radius 3 is 1.80 bits per heavy atom. The fraction of sp³-hybridized carbons (Fsp3) is 0.778. The summed E-state index contributed by atoms with van der Waals surface area (Å²) >= 11 is 0. The van der Waals surface area contributed by atoms with Crippen LogP contribution in [0.1, 0.15) is 33.6 Å². The predicted molar refractivity (Wildman–Crippen MR) is 47.0 cm³/mol. The summed E-state index contributed by atoms with van der Waals surface area (Å²) < 4.78 is 0. The average Bonchev–Trinajstić information content (AvgIpc) is 1.87. The molecule has 0 fully saturated rings. The molecule has 0 aliphatic heterocycles. The van der Waals surface area contributed by atoms with E-state index >= 15 is 0 Å². The molecule has 10 heavy (non-hydrogen) atoms. The Morgan fingerprint density at radius 2 is 1.60 bits per heavy atom. The highest BCUT2D eigenvalue weighted by molar-refractivity contribution is 4.87. The molecule has 0 rings (SSSR count). The molecule has 0 radical (unpaired) electrons. The summed E-state index contributed by atoms with van der Waals surface area (Å²) in [5.41, 5.74) is 1.20. The minimum absolute atomic E-state index is 1.16. The third kappa shape index (κ3) is 3.54. The van der Waals surface area contributed by atoms with Gasteiger partial charge in [-0.25, -0.2) is 0 Å². The zero-order valence-corrected chi connectivity index (χ0v) is 7.48. The maximum absolute atomic E-state index is 3.92. The van der Waals surface area contributed by atoms with E-state index in [4.69, 9.17) is 0 Å². The zero-order valence-electron chi connectivity index (χ0n) is 7.48. The van der Waals surface area contributed by atoms with Gasteiger partial charge in [0.1, 0.15) is 0 Å². The monoisotopic (exact) mass is 141 g/mol. The molecule has 0 N–H and O–H groups in total. The first-order chi connectivity index (χ1) is 4.72. The largest absolute Gasteiger partial charge is 0.376 e. The van der Waals surface area contributed by atoms with E-state index in [2.05, 4.69) is 32.3 Å². The fourth-order valence-corrected chi connectivity index (χ4v) is 1.03. The van der Waals surface area contributed by atoms with Gasteiger partial charge in [-0.15, -0.1) is 0 Å². The van der Waals surface area contributed by atoms with E-state index in [0.29, 0.717) is 0 Å². The van der Waals surface area contributed by atoms with Gasteiger partial charge in [0, 0.05) is 18.8 Å². The van der Waals surface area contributed by atoms with Gasteiger partial charge in [0.25, 0.3) is 0 Å². The smallest absolute Gasteiger partial charge is 0.0172 e. The molecule has 0 heterocycles. The summed E-state index contributed by atoms with van der Waals surface area (Å²) in [5, 5.41) is 0. The molecule has 0 aromatic rings. The van der Waals surface area contributed by atoms with Crippen LogP contribution in [0.4, 0.5) is 0 Å². The number of allylic oxidation sites excluding steroid dienone is 1. The maximum Gasteiger partial charge on any atom is 0.0172 e. The number of hydrogen-bond acceptors (Lipinski definition) is 1. The molecule has 0 aliphatic rings. The second kappa shape index (κ2) is 5.33. The summed E-state index contributed by atoms with van der Waals surface area (Å²) in [4.78, 5) is 2.33. The first-order valence-electron chi connectivity index (χ1n) is 4.12. The van der Waals surface area contributed by atoms with Crippen molar-refractivity contribution in [2.24, 2.45) is 0 Å². The molecule has 0 aromatic heterocycles. The first-order valence-corrected chi connectivity index (χ1v) is 4.12. The number of hydrogen-bond donors (Lipinski definition) is 0. The van der Waals surface area contributed by atoms with E-state index in [1.807, 2.05) is 0 Å². The maximum atomic E-state index is 3.92. The second-order valence-electron chi connectivity index (χ2n) is 2.72. The van der Waals surface area contributed by atoms with Crippen molar-refractivity contribution in [2.75, 3.05) is 13.1 Å². The molecule has 1 nitrogen and oxygen atoms in total. The zero-order chi connectivity index (χ0) is 7.98. The van der Waals surface area contributed by atoms with Crippen LogP contribution in [0.3, 0.4) is 0 Å². The standard InChI is InChI=1S/C9H19N/c1-5-7-10(8-6-2)9(3)4/h3,5-8H2,1-2,4H3. The van der Waals surface area contributed by atoms with Crippen LogP contribution in [0.5, 0.6) is 0 Å². The van der Waals surface area contributed by atoms with Gasteiger partial charge < -0.3 is 4.90 Å². The average molecular weight is 141 g/mol. The van der Waals surface area contributed by atoms with Gasteiger partial charge in [-0.05, 0) is 19.8 Å². The van der Waals surface area contributed by atoms with E-state index in [1.165, 1.54) is 18.5 Å². The van der Waals surface area contributed by atoms with Crippen molar-refractivity contribution in [3.63, 3.8) is 0 Å². The van der Waals surface area contributed by atoms with Gasteiger partial charge in [-0.2, -0.15) is 0 Å². The second-order valence-corrected chi connectivity index (χ2v) is 2.72. The molecule has 0 bridgehead atoms. The summed E-state index contributed by atoms with van der Waals surface area (Å²) in [5.74, 6) is 0. The highest BCUT2D eigenvalue weighted by Crippen LogP contribution is 2.01. The van der Waals surface area contributed by atoms with Crippen LogP contribution in [0, 0.1) is 0 Å². The molecule has 0 spiro atoms. The number of rotatable bonds is 5. The first kappa shape index (κ1) is 9.54. The summed E-state index contributed by atoms with van der Waals surface area (Å²) in [6.07, 6.45) is 2.43. The molecule has 0 aromatic carbocycles. The van der Waals surface area contributed by atoms with Gasteiger partial charge >= 0.3 is 0 Å². The highest BCUT2D eigenvalue weighted by Gasteiger charge is 1.98. The van der Waals surface area contributed by atoms with Crippen molar-refractivity contribution in [3.8, 4) is 0 Å². The summed E-state index contributed by atoms with van der Waals surface area (Å²) in [7, 11) is 0. The van der Waals surface area contributed by atoms with Crippen molar-refractivity contribution in [1.82, 2.24) is 4.90 Å². The van der Waals surface area contributed by atoms with E-state index in [1.54, 1.807) is 0 Å². The Balaban J connectivity index is 3.61. The van der Waals surface area contributed by atoms with E-state index in [9.17, 15) is 0 Å². The number of nitrogens with zero attached hydrogens (tertiary/aromatic N) is 1. The molecule has 60 valence electrons. The minimum atomic E-state index is 1.16. The lowest BCUT2D eigenvalue weighted by Gasteiger charge is -2.23. The van der Waals surface area contributed by atoms with E-state index < -0.39 is 0 Å². The molecular formula is C9H19N. The van der Waals surface area contributed by atoms with Crippen LogP contribution in [-0.2, 0) is 0 Å². The molecular weight excluding hydrogens is 122 g/mol. The van der Waals surface area contributed by atoms with Crippen molar-refractivity contribution < 1.29 is 0 Å². The fourth-order valence-electron chi connectivity index (χ4n) is 1.03. The van der Waals surface area contributed by atoms with Crippen molar-refractivity contribution >= 4 is 0 Å². The van der Waals surface area contributed by atoms with Crippen LogP contribution in [-0.4, -0.2) is 18.0 Å². The van der Waals surface area contributed by atoms with Crippen LogP contribution in [0.15, 0.2) is 12.3 Å². The predicted octanol–water partition coefficient (Wildman–Crippen LogP) is 2.64. The van der Waals surface area contributed by atoms with Gasteiger partial charge in [0.2, 0.25) is 0 Å². The normalized spacial score (nSPS) is 9.50. The van der Waals surface area contributed by atoms with Crippen molar-refractivity contribution in [3.05, 3.63) is 12.3 Å². The Hall–Kier alpha value is -0.460. The lowest BCUT2D eigenvalue weighted by atomic mass is 10.3. The SMILES string of the molecule is C=C(C)N(CCC)CCC. The van der Waals surface area contributed by atoms with Crippen molar-refractivity contribution in [1.29, 1.82) is 0 Å². The molecule has 0 saturated carbocycles. The summed E-state index contributed by atoms with van der Waals surface area (Å²) in [6, 6.07) is 0. The van der Waals surface area contributed by atoms with Crippen LogP contribution in [0.25, 0.3) is 0 Å². The third-order valence-corrected chi connectivity index (χ3v) is 1.53. The van der Waals surface area contributed by atoms with Gasteiger partial charge in [0.15, 0.2) is 0 Å². The third-order valence-electron chi connectivity index (χ3n) is 1.53. The van der Waals surface area contributed by atoms with Gasteiger partial charge in [0.05, 0.1) is 0 Å². The topological polar surface area (TPSA) is 3.24 Å². The highest BCUT2D eigenvalue weighted by atomic mass is 15.1. The molecule has 0 atom stereocenters. The van der Waals surface area contributed by atoms with E-state index in [0.717, 1.165) is 13.1 Å².